The van der Waals surface area contributed by atoms with Gasteiger partial charge in [-0.2, -0.15) is 0 Å². The van der Waals surface area contributed by atoms with Crippen molar-refractivity contribution in [3.8, 4) is 0 Å². The van der Waals surface area contributed by atoms with Gasteiger partial charge in [-0.05, 0) is 77.0 Å². The van der Waals surface area contributed by atoms with E-state index in [1.54, 1.807) is 0 Å². The number of unbranched alkanes of at least 4 members (excludes halogenated alkanes) is 24. The van der Waals surface area contributed by atoms with Crippen molar-refractivity contribution >= 4 is 8.60 Å². The highest BCUT2D eigenvalue weighted by atomic mass is 31.2. The Morgan fingerprint density at radius 1 is 0.283 bits per heavy atom. The summed E-state index contributed by atoms with van der Waals surface area (Å²) in [7, 11) is -1.20. The highest BCUT2D eigenvalue weighted by Crippen LogP contribution is 2.40. The summed E-state index contributed by atoms with van der Waals surface area (Å²) in [6, 6.07) is 0. The Morgan fingerprint density at radius 3 is 0.761 bits per heavy atom. The van der Waals surface area contributed by atoms with E-state index in [1.165, 1.54) is 173 Å². The van der Waals surface area contributed by atoms with Crippen LogP contribution >= 0.6 is 8.60 Å². The van der Waals surface area contributed by atoms with E-state index in [4.69, 9.17) is 13.6 Å². The third-order valence-corrected chi connectivity index (χ3v) is 9.74. The molecule has 0 N–H and O–H groups in total. The summed E-state index contributed by atoms with van der Waals surface area (Å²) in [4.78, 5) is 0. The maximum atomic E-state index is 6.15. The Hall–Kier alpha value is -0.470. The van der Waals surface area contributed by atoms with E-state index in [1.807, 2.05) is 0 Å². The zero-order valence-electron chi connectivity index (χ0n) is 31.5. The molecule has 0 aliphatic carbocycles. The van der Waals surface area contributed by atoms with Crippen molar-refractivity contribution in [2.45, 2.75) is 213 Å². The first kappa shape index (κ1) is 45.5. The molecule has 0 fully saturated rings. The van der Waals surface area contributed by atoms with Gasteiger partial charge in [0.1, 0.15) is 0 Å². The van der Waals surface area contributed by atoms with Crippen molar-refractivity contribution in [1.29, 1.82) is 0 Å². The Balaban J connectivity index is 4.00. The standard InChI is InChI=1S/C42H81O3P/c1-4-7-10-13-16-19-22-25-28-31-34-37-40-43-46(44-41-38-35-32-29-26-23-20-17-14-11-8-5-2)45-42-39-36-33-30-27-24-21-18-15-12-9-6-3/h13-18H,4-12,19-42H2,1-3H3/b16-13-,17-14-,18-15-. The fraction of sp³-hybridized carbons (Fsp3) is 0.857. The molecule has 0 amide bonds. The topological polar surface area (TPSA) is 27.7 Å². The van der Waals surface area contributed by atoms with Crippen LogP contribution in [0.5, 0.6) is 0 Å². The van der Waals surface area contributed by atoms with Gasteiger partial charge in [-0.3, -0.25) is 0 Å². The molecule has 0 saturated heterocycles. The molecule has 0 rings (SSSR count). The highest BCUT2D eigenvalue weighted by molar-refractivity contribution is 7.41. The minimum absolute atomic E-state index is 0.769. The Labute approximate surface area is 291 Å². The fourth-order valence-corrected chi connectivity index (χ4v) is 6.47. The third-order valence-electron chi connectivity index (χ3n) is 8.56. The average Bonchev–Trinajstić information content (AvgIpc) is 3.07. The number of hydrogen-bond donors (Lipinski definition) is 0. The van der Waals surface area contributed by atoms with Crippen molar-refractivity contribution < 1.29 is 13.6 Å². The van der Waals surface area contributed by atoms with Crippen LogP contribution in [0.1, 0.15) is 213 Å². The molecule has 0 saturated carbocycles. The monoisotopic (exact) mass is 665 g/mol. The van der Waals surface area contributed by atoms with E-state index in [-0.39, 0.29) is 0 Å². The lowest BCUT2D eigenvalue weighted by atomic mass is 10.1. The second kappa shape index (κ2) is 42.6. The molecule has 0 radical (unpaired) electrons. The minimum Gasteiger partial charge on any atom is -0.312 e. The molecule has 0 atom stereocenters. The van der Waals surface area contributed by atoms with Crippen LogP contribution in [-0.4, -0.2) is 19.8 Å². The van der Waals surface area contributed by atoms with Crippen LogP contribution in [0.25, 0.3) is 0 Å². The van der Waals surface area contributed by atoms with E-state index in [0.717, 1.165) is 39.1 Å². The predicted octanol–water partition coefficient (Wildman–Crippen LogP) is 15.7. The minimum atomic E-state index is -1.20. The SMILES string of the molecule is CCCC/C=C\CCCCCCCCOP(OCCCCCCCC/C=C\CCCC)OCCCCCCCC/C=C\CCCC. The first-order chi connectivity index (χ1) is 22.8. The first-order valence-corrected chi connectivity index (χ1v) is 21.6. The zero-order chi connectivity index (χ0) is 33.3. The molecule has 0 unspecified atom stereocenters. The second-order valence-corrected chi connectivity index (χ2v) is 14.5. The highest BCUT2D eigenvalue weighted by Gasteiger charge is 2.12. The van der Waals surface area contributed by atoms with Crippen LogP contribution in [0.2, 0.25) is 0 Å². The molecule has 0 aromatic carbocycles. The summed E-state index contributed by atoms with van der Waals surface area (Å²) in [5, 5.41) is 0. The number of rotatable bonds is 39. The lowest BCUT2D eigenvalue weighted by Crippen LogP contribution is -2.00. The summed E-state index contributed by atoms with van der Waals surface area (Å²) < 4.78 is 18.4. The number of allylic oxidation sites excluding steroid dienone is 6. The largest absolute Gasteiger partial charge is 0.332 e. The molecule has 0 aliphatic heterocycles. The summed E-state index contributed by atoms with van der Waals surface area (Å²) in [6.45, 7) is 9.09. The zero-order valence-corrected chi connectivity index (χ0v) is 32.4. The van der Waals surface area contributed by atoms with Crippen molar-refractivity contribution in [2.24, 2.45) is 0 Å². The van der Waals surface area contributed by atoms with Gasteiger partial charge in [0, 0.05) is 0 Å². The Morgan fingerprint density at radius 2 is 0.500 bits per heavy atom. The molecule has 0 aromatic rings. The van der Waals surface area contributed by atoms with Gasteiger partial charge in [0.25, 0.3) is 0 Å². The lowest BCUT2D eigenvalue weighted by Gasteiger charge is -2.17. The maximum Gasteiger partial charge on any atom is 0.332 e. The summed E-state index contributed by atoms with van der Waals surface area (Å²) >= 11 is 0. The van der Waals surface area contributed by atoms with Crippen LogP contribution in [0.15, 0.2) is 36.5 Å². The van der Waals surface area contributed by atoms with Gasteiger partial charge in [-0.1, -0.05) is 173 Å². The van der Waals surface area contributed by atoms with Crippen LogP contribution in [0, 0.1) is 0 Å². The lowest BCUT2D eigenvalue weighted by molar-refractivity contribution is 0.153. The van der Waals surface area contributed by atoms with E-state index in [2.05, 4.69) is 57.2 Å². The van der Waals surface area contributed by atoms with E-state index in [0.29, 0.717) is 0 Å². The van der Waals surface area contributed by atoms with Gasteiger partial charge in [0.2, 0.25) is 0 Å². The van der Waals surface area contributed by atoms with Crippen LogP contribution in [-0.2, 0) is 13.6 Å². The summed E-state index contributed by atoms with van der Waals surface area (Å²) in [5.74, 6) is 0. The van der Waals surface area contributed by atoms with Gasteiger partial charge in [0.05, 0.1) is 19.8 Å². The summed E-state index contributed by atoms with van der Waals surface area (Å²) in [6.07, 6.45) is 52.7. The third kappa shape index (κ3) is 39.7. The van der Waals surface area contributed by atoms with Gasteiger partial charge >= 0.3 is 8.60 Å². The van der Waals surface area contributed by atoms with Gasteiger partial charge < -0.3 is 13.6 Å². The molecule has 0 aromatic heterocycles. The molecule has 272 valence electrons. The van der Waals surface area contributed by atoms with E-state index >= 15 is 0 Å². The van der Waals surface area contributed by atoms with Crippen molar-refractivity contribution in [3.63, 3.8) is 0 Å². The fourth-order valence-electron chi connectivity index (χ4n) is 5.42. The molecule has 0 bridgehead atoms. The van der Waals surface area contributed by atoms with Gasteiger partial charge in [-0.15, -0.1) is 0 Å². The molecule has 0 spiro atoms. The predicted molar refractivity (Wildman–Crippen MR) is 208 cm³/mol. The van der Waals surface area contributed by atoms with Crippen LogP contribution in [0.4, 0.5) is 0 Å². The van der Waals surface area contributed by atoms with Gasteiger partial charge in [0.15, 0.2) is 0 Å². The van der Waals surface area contributed by atoms with Gasteiger partial charge in [-0.25, -0.2) is 0 Å². The molecule has 46 heavy (non-hydrogen) atoms. The Bertz CT molecular complexity index is 547. The quantitative estimate of drug-likeness (QED) is 0.0372. The van der Waals surface area contributed by atoms with Crippen molar-refractivity contribution in [1.82, 2.24) is 0 Å². The van der Waals surface area contributed by atoms with Crippen LogP contribution in [0.3, 0.4) is 0 Å². The molecule has 0 aliphatic rings. The average molecular weight is 665 g/mol. The van der Waals surface area contributed by atoms with E-state index < -0.39 is 8.60 Å². The normalized spacial score (nSPS) is 12.3. The van der Waals surface area contributed by atoms with Crippen molar-refractivity contribution in [3.05, 3.63) is 36.5 Å². The smallest absolute Gasteiger partial charge is 0.312 e. The molecule has 0 heterocycles. The van der Waals surface area contributed by atoms with Crippen molar-refractivity contribution in [2.75, 3.05) is 19.8 Å². The maximum absolute atomic E-state index is 6.15. The Kier molecular flexibility index (Phi) is 42.1. The molecule has 3 nitrogen and oxygen atoms in total. The van der Waals surface area contributed by atoms with Crippen LogP contribution < -0.4 is 0 Å². The first-order valence-electron chi connectivity index (χ1n) is 20.5. The number of hydrogen-bond acceptors (Lipinski definition) is 3. The molecule has 4 heteroatoms. The molecular formula is C42H81O3P. The molecular weight excluding hydrogens is 583 g/mol. The second-order valence-electron chi connectivity index (χ2n) is 13.3. The van der Waals surface area contributed by atoms with E-state index in [9.17, 15) is 0 Å². The summed E-state index contributed by atoms with van der Waals surface area (Å²) in [5.41, 5.74) is 0.